The first kappa shape index (κ1) is 17.3. The summed E-state index contributed by atoms with van der Waals surface area (Å²) in [5, 5.41) is 16.7. The summed E-state index contributed by atoms with van der Waals surface area (Å²) in [6, 6.07) is 12.4. The van der Waals surface area contributed by atoms with Crippen molar-refractivity contribution in [2.24, 2.45) is 5.10 Å². The molecule has 0 saturated heterocycles. The van der Waals surface area contributed by atoms with E-state index in [1.54, 1.807) is 30.3 Å². The van der Waals surface area contributed by atoms with Gasteiger partial charge in [-0.05, 0) is 24.3 Å². The lowest BCUT2D eigenvalue weighted by atomic mass is 10.2. The van der Waals surface area contributed by atoms with Gasteiger partial charge in [0, 0.05) is 27.9 Å². The third kappa shape index (κ3) is 4.99. The smallest absolute Gasteiger partial charge is 0.318 e. The molecule has 9 heteroatoms. The number of hydrogen-bond acceptors (Lipinski definition) is 5. The molecule has 0 saturated carbocycles. The number of rotatable bonds is 4. The minimum Gasteiger partial charge on any atom is -0.318 e. The fraction of sp³-hybridized carbons (Fsp3) is 0. The molecule has 0 aliphatic rings. The number of carbonyl (C=O) groups is 2. The molecule has 0 atom stereocenters. The summed E-state index contributed by atoms with van der Waals surface area (Å²) < 4.78 is 0.839. The Balaban J connectivity index is 1.92. The van der Waals surface area contributed by atoms with Crippen LogP contribution >= 0.6 is 15.9 Å². The molecule has 2 aromatic rings. The van der Waals surface area contributed by atoms with Crippen LogP contribution in [0.2, 0.25) is 0 Å². The summed E-state index contributed by atoms with van der Waals surface area (Å²) in [4.78, 5) is 33.4. The Morgan fingerprint density at radius 1 is 1.12 bits per heavy atom. The highest BCUT2D eigenvalue weighted by Gasteiger charge is 2.12. The highest BCUT2D eigenvalue weighted by Crippen LogP contribution is 2.14. The van der Waals surface area contributed by atoms with E-state index in [1.165, 1.54) is 24.4 Å². The number of nitrogens with zero attached hydrogens (tertiary/aromatic N) is 2. The van der Waals surface area contributed by atoms with Crippen LogP contribution in [-0.4, -0.2) is 23.0 Å². The average molecular weight is 391 g/mol. The number of benzene rings is 2. The van der Waals surface area contributed by atoms with Gasteiger partial charge in [0.05, 0.1) is 11.1 Å². The van der Waals surface area contributed by atoms with Crippen LogP contribution in [0.5, 0.6) is 0 Å². The van der Waals surface area contributed by atoms with Crippen LogP contribution in [0.25, 0.3) is 0 Å². The molecule has 0 aliphatic heterocycles. The number of nitro groups is 1. The molecule has 0 unspecified atom stereocenters. The number of nitro benzene ring substituents is 1. The standard InChI is InChI=1S/C15H11BrN4O4/c16-11-4-6-12(7-5-11)18-14(21)15(22)19-17-9-10-2-1-3-13(8-10)20(23)24/h1-9H,(H,18,21)(H,19,22). The Labute approximate surface area is 144 Å². The Bertz CT molecular complexity index is 805. The number of hydrogen-bond donors (Lipinski definition) is 2. The van der Waals surface area contributed by atoms with Crippen molar-refractivity contribution in [3.8, 4) is 0 Å². The second-order valence-electron chi connectivity index (χ2n) is 4.51. The van der Waals surface area contributed by atoms with E-state index in [4.69, 9.17) is 0 Å². The summed E-state index contributed by atoms with van der Waals surface area (Å²) in [7, 11) is 0. The van der Waals surface area contributed by atoms with Gasteiger partial charge in [-0.2, -0.15) is 5.10 Å². The van der Waals surface area contributed by atoms with E-state index in [0.717, 1.165) is 4.47 Å². The molecule has 2 amide bonds. The molecule has 2 rings (SSSR count). The number of hydrazone groups is 1. The van der Waals surface area contributed by atoms with Gasteiger partial charge in [-0.3, -0.25) is 19.7 Å². The number of anilines is 1. The van der Waals surface area contributed by atoms with Crippen LogP contribution in [0.4, 0.5) is 11.4 Å². The highest BCUT2D eigenvalue weighted by molar-refractivity contribution is 9.10. The van der Waals surface area contributed by atoms with Gasteiger partial charge in [0.15, 0.2) is 0 Å². The van der Waals surface area contributed by atoms with Crippen molar-refractivity contribution in [2.45, 2.75) is 0 Å². The predicted molar refractivity (Wildman–Crippen MR) is 91.6 cm³/mol. The topological polar surface area (TPSA) is 114 Å². The molecule has 0 radical (unpaired) electrons. The van der Waals surface area contributed by atoms with E-state index >= 15 is 0 Å². The molecule has 2 aromatic carbocycles. The monoisotopic (exact) mass is 390 g/mol. The summed E-state index contributed by atoms with van der Waals surface area (Å²) in [6.45, 7) is 0. The zero-order valence-corrected chi connectivity index (χ0v) is 13.7. The summed E-state index contributed by atoms with van der Waals surface area (Å²) in [5.74, 6) is -1.84. The van der Waals surface area contributed by atoms with Crippen LogP contribution < -0.4 is 10.7 Å². The van der Waals surface area contributed by atoms with E-state index in [-0.39, 0.29) is 5.69 Å². The largest absolute Gasteiger partial charge is 0.329 e. The van der Waals surface area contributed by atoms with Gasteiger partial charge in [0.2, 0.25) is 0 Å². The number of carbonyl (C=O) groups excluding carboxylic acids is 2. The number of halogens is 1. The number of nitrogens with one attached hydrogen (secondary N) is 2. The molecule has 8 nitrogen and oxygen atoms in total. The molecule has 0 aromatic heterocycles. The maximum Gasteiger partial charge on any atom is 0.329 e. The van der Waals surface area contributed by atoms with Gasteiger partial charge >= 0.3 is 11.8 Å². The zero-order valence-electron chi connectivity index (χ0n) is 12.1. The molecular weight excluding hydrogens is 380 g/mol. The number of amides is 2. The van der Waals surface area contributed by atoms with E-state index in [1.807, 2.05) is 0 Å². The average Bonchev–Trinajstić information content (AvgIpc) is 2.57. The van der Waals surface area contributed by atoms with E-state index in [0.29, 0.717) is 11.3 Å². The van der Waals surface area contributed by atoms with Crippen LogP contribution in [-0.2, 0) is 9.59 Å². The SMILES string of the molecule is O=C(NN=Cc1cccc([N+](=O)[O-])c1)C(=O)Nc1ccc(Br)cc1. The lowest BCUT2D eigenvalue weighted by Crippen LogP contribution is -2.32. The van der Waals surface area contributed by atoms with E-state index in [2.05, 4.69) is 31.8 Å². The molecule has 24 heavy (non-hydrogen) atoms. The first-order valence-corrected chi connectivity index (χ1v) is 7.39. The predicted octanol–water partition coefficient (Wildman–Crippen LogP) is 2.45. The van der Waals surface area contributed by atoms with Crippen molar-refractivity contribution < 1.29 is 14.5 Å². The summed E-state index contributed by atoms with van der Waals surface area (Å²) in [5.41, 5.74) is 2.83. The minimum absolute atomic E-state index is 0.0988. The first-order valence-electron chi connectivity index (χ1n) is 6.60. The Kier molecular flexibility index (Phi) is 5.74. The number of non-ortho nitro benzene ring substituents is 1. The van der Waals surface area contributed by atoms with Crippen LogP contribution in [0.3, 0.4) is 0 Å². The van der Waals surface area contributed by atoms with Gasteiger partial charge < -0.3 is 5.32 Å². The Hall–Kier alpha value is -3.07. The minimum atomic E-state index is -0.959. The first-order chi connectivity index (χ1) is 11.5. The maximum absolute atomic E-state index is 11.7. The quantitative estimate of drug-likeness (QED) is 0.361. The molecule has 0 bridgehead atoms. The van der Waals surface area contributed by atoms with Gasteiger partial charge in [-0.1, -0.05) is 28.1 Å². The second kappa shape index (κ2) is 7.97. The van der Waals surface area contributed by atoms with Gasteiger partial charge in [0.25, 0.3) is 5.69 Å². The second-order valence-corrected chi connectivity index (χ2v) is 5.43. The fourth-order valence-electron chi connectivity index (χ4n) is 1.66. The highest BCUT2D eigenvalue weighted by atomic mass is 79.9. The maximum atomic E-state index is 11.7. The third-order valence-corrected chi connectivity index (χ3v) is 3.30. The van der Waals surface area contributed by atoms with Crippen molar-refractivity contribution in [1.29, 1.82) is 0 Å². The normalized spacial score (nSPS) is 10.4. The lowest BCUT2D eigenvalue weighted by molar-refractivity contribution is -0.384. The molecule has 0 aliphatic carbocycles. The zero-order chi connectivity index (χ0) is 17.5. The van der Waals surface area contributed by atoms with Crippen molar-refractivity contribution >= 4 is 45.3 Å². The van der Waals surface area contributed by atoms with Crippen LogP contribution in [0.1, 0.15) is 5.56 Å². The van der Waals surface area contributed by atoms with Gasteiger partial charge in [0.1, 0.15) is 0 Å². The summed E-state index contributed by atoms with van der Waals surface area (Å²) in [6.07, 6.45) is 1.21. The fourth-order valence-corrected chi connectivity index (χ4v) is 1.92. The van der Waals surface area contributed by atoms with Crippen LogP contribution in [0.15, 0.2) is 58.1 Å². The van der Waals surface area contributed by atoms with Crippen molar-refractivity contribution in [2.75, 3.05) is 5.32 Å². The molecular formula is C15H11BrN4O4. The molecule has 0 spiro atoms. The lowest BCUT2D eigenvalue weighted by Gasteiger charge is -2.03. The Morgan fingerprint density at radius 2 is 1.83 bits per heavy atom. The van der Waals surface area contributed by atoms with Crippen LogP contribution in [0, 0.1) is 10.1 Å². The van der Waals surface area contributed by atoms with Crippen molar-refractivity contribution in [1.82, 2.24) is 5.43 Å². The molecule has 2 N–H and O–H groups in total. The van der Waals surface area contributed by atoms with E-state index in [9.17, 15) is 19.7 Å². The van der Waals surface area contributed by atoms with E-state index < -0.39 is 16.7 Å². The van der Waals surface area contributed by atoms with Crippen molar-refractivity contribution in [3.63, 3.8) is 0 Å². The van der Waals surface area contributed by atoms with Gasteiger partial charge in [-0.15, -0.1) is 0 Å². The van der Waals surface area contributed by atoms with Gasteiger partial charge in [-0.25, -0.2) is 5.43 Å². The third-order valence-electron chi connectivity index (χ3n) is 2.77. The summed E-state index contributed by atoms with van der Waals surface area (Å²) >= 11 is 3.26. The molecule has 122 valence electrons. The molecule has 0 fully saturated rings. The van der Waals surface area contributed by atoms with Crippen molar-refractivity contribution in [3.05, 3.63) is 68.7 Å². The molecule has 0 heterocycles. The Morgan fingerprint density at radius 3 is 2.50 bits per heavy atom.